The van der Waals surface area contributed by atoms with E-state index in [2.05, 4.69) is 5.32 Å². The molecule has 6 aliphatic rings. The van der Waals surface area contributed by atoms with Gasteiger partial charge in [0, 0.05) is 88.9 Å². The standard InChI is InChI=1S/C51H70N4O14/c1-27-41-29(15-17-34(56)63-9)46(3,4)32(52-41)24-33-51(22-20-37(59)66-12)49(7,26-40(62)69-51)44(53-33)28(2)42-30(16-18-35(57)64-10)48(6,25-39(61)68-14)50(8,55-42)45-31(23-38(60)67-13)47(5,43(27)54-45)21-19-36(58)65-11/h24,29-31,45,55H,15-23,25-26H2,1-14H3/b33-24-,41-27-,42-28-/t29-,30-,31+,45?,47-,48+,49-,50+,51+/m1/s1. The number of fused-ring (bicyclic) bond motifs is 9. The molecule has 18 heteroatoms. The van der Waals surface area contributed by atoms with Crippen molar-refractivity contribution in [3.63, 3.8) is 0 Å². The molecule has 9 atom stereocenters. The molecule has 1 N–H and O–H groups in total. The normalized spacial score (nSPS) is 35.7. The van der Waals surface area contributed by atoms with Gasteiger partial charge in [0.05, 0.1) is 90.3 Å². The predicted molar refractivity (Wildman–Crippen MR) is 251 cm³/mol. The van der Waals surface area contributed by atoms with Gasteiger partial charge in [-0.05, 0) is 64.2 Å². The van der Waals surface area contributed by atoms with Crippen molar-refractivity contribution in [1.82, 2.24) is 5.32 Å². The lowest BCUT2D eigenvalue weighted by atomic mass is 9.56. The fourth-order valence-electron chi connectivity index (χ4n) is 12.7. The number of nitrogens with zero attached hydrogens (tertiary/aromatic N) is 3. The summed E-state index contributed by atoms with van der Waals surface area (Å²) in [6, 6.07) is -0.841. The molecule has 0 saturated carbocycles. The molecule has 6 aliphatic heterocycles. The van der Waals surface area contributed by atoms with E-state index in [4.69, 9.17) is 48.1 Å². The van der Waals surface area contributed by atoms with E-state index in [1.165, 1.54) is 42.7 Å². The fraction of sp³-hybridized carbons (Fsp3) is 0.686. The molecular formula is C51H70N4O14. The van der Waals surface area contributed by atoms with Gasteiger partial charge in [0.25, 0.3) is 0 Å². The Labute approximate surface area is 404 Å². The van der Waals surface area contributed by atoms with Crippen molar-refractivity contribution >= 4 is 58.9 Å². The number of nitrogens with one attached hydrogen (secondary N) is 1. The van der Waals surface area contributed by atoms with Crippen LogP contribution in [-0.4, -0.2) is 119 Å². The second-order valence-electron chi connectivity index (χ2n) is 20.8. The van der Waals surface area contributed by atoms with Gasteiger partial charge in [-0.3, -0.25) is 48.5 Å². The minimum absolute atomic E-state index is 0.0220. The topological polar surface area (TPSA) is 233 Å². The number of esters is 7. The van der Waals surface area contributed by atoms with Crippen LogP contribution in [0.3, 0.4) is 0 Å². The molecule has 0 aliphatic carbocycles. The average molecular weight is 963 g/mol. The second kappa shape index (κ2) is 19.3. The van der Waals surface area contributed by atoms with Crippen molar-refractivity contribution in [3.05, 3.63) is 34.3 Å². The molecule has 6 heterocycles. The summed E-state index contributed by atoms with van der Waals surface area (Å²) in [6.45, 7) is 15.6. The highest BCUT2D eigenvalue weighted by molar-refractivity contribution is 6.13. The lowest BCUT2D eigenvalue weighted by Gasteiger charge is -2.48. The van der Waals surface area contributed by atoms with Crippen LogP contribution in [0.4, 0.5) is 0 Å². The summed E-state index contributed by atoms with van der Waals surface area (Å²) in [5.74, 6) is -5.16. The quantitative estimate of drug-likeness (QED) is 0.137. The zero-order valence-corrected chi connectivity index (χ0v) is 42.7. The van der Waals surface area contributed by atoms with Crippen LogP contribution in [0.5, 0.6) is 0 Å². The summed E-state index contributed by atoms with van der Waals surface area (Å²) < 4.78 is 37.9. The van der Waals surface area contributed by atoms with Crippen LogP contribution in [0.2, 0.25) is 0 Å². The van der Waals surface area contributed by atoms with E-state index >= 15 is 0 Å². The maximum absolute atomic E-state index is 13.9. The van der Waals surface area contributed by atoms with E-state index < -0.39 is 98.4 Å². The van der Waals surface area contributed by atoms with Gasteiger partial charge in [0.1, 0.15) is 0 Å². The Balaban J connectivity index is 1.81. The molecule has 2 fully saturated rings. The summed E-state index contributed by atoms with van der Waals surface area (Å²) in [6.07, 6.45) is 2.00. The molecule has 2 saturated heterocycles. The molecule has 0 aromatic heterocycles. The zero-order valence-electron chi connectivity index (χ0n) is 42.7. The number of carbonyl (C=O) groups excluding carboxylic acids is 7. The van der Waals surface area contributed by atoms with Crippen molar-refractivity contribution in [2.75, 3.05) is 42.7 Å². The molecule has 0 radical (unpaired) electrons. The Morgan fingerprint density at radius 3 is 1.78 bits per heavy atom. The maximum Gasteiger partial charge on any atom is 0.307 e. The van der Waals surface area contributed by atoms with Gasteiger partial charge in [-0.1, -0.05) is 27.7 Å². The van der Waals surface area contributed by atoms with Crippen LogP contribution in [0.25, 0.3) is 0 Å². The van der Waals surface area contributed by atoms with E-state index in [1.54, 1.807) is 0 Å². The molecule has 18 nitrogen and oxygen atoms in total. The molecule has 0 amide bonds. The SMILES string of the molecule is COC(=O)CC[C@@H]1/C2=C(\C)C3=NC([C@H](CC(=O)OC)[C@@]3(C)CCC(=O)OC)[C@]3(C)N/C(=C(/C)C4=N/C(=C\C(=N2)C1(C)C)[C@]1(CCC(=O)OC)OC(=O)C[C@]41C)[C@@H](CCC(=O)OC)[C@]3(C)CC(=O)OC. The summed E-state index contributed by atoms with van der Waals surface area (Å²) >= 11 is 0. The first kappa shape index (κ1) is 52.7. The lowest BCUT2D eigenvalue weighted by Crippen LogP contribution is -2.60. The Bertz CT molecular complexity index is 2390. The predicted octanol–water partition coefficient (Wildman–Crippen LogP) is 6.04. The first-order valence-corrected chi connectivity index (χ1v) is 23.6. The summed E-state index contributed by atoms with van der Waals surface area (Å²) in [4.78, 5) is 110. The molecule has 0 spiro atoms. The molecular weight excluding hydrogens is 893 g/mol. The second-order valence-corrected chi connectivity index (χ2v) is 20.8. The van der Waals surface area contributed by atoms with Gasteiger partial charge in [-0.25, -0.2) is 0 Å². The third-order valence-corrected chi connectivity index (χ3v) is 17.1. The Morgan fingerprint density at radius 1 is 0.681 bits per heavy atom. The third-order valence-electron chi connectivity index (χ3n) is 17.1. The minimum atomic E-state index is -1.48. The highest BCUT2D eigenvalue weighted by Crippen LogP contribution is 2.64. The summed E-state index contributed by atoms with van der Waals surface area (Å²) in [7, 11) is 7.87. The molecule has 1 unspecified atom stereocenters. The zero-order chi connectivity index (χ0) is 51.2. The number of carbonyl (C=O) groups is 7. The summed E-state index contributed by atoms with van der Waals surface area (Å²) in [5.41, 5.74) is -2.42. The van der Waals surface area contributed by atoms with Crippen molar-refractivity contribution in [3.8, 4) is 0 Å². The Hall–Kier alpha value is -5.68. The highest BCUT2D eigenvalue weighted by Gasteiger charge is 2.70. The Morgan fingerprint density at radius 2 is 1.22 bits per heavy atom. The number of ether oxygens (including phenoxy) is 7. The van der Waals surface area contributed by atoms with Gasteiger partial charge in [-0.15, -0.1) is 0 Å². The van der Waals surface area contributed by atoms with Crippen LogP contribution < -0.4 is 5.32 Å². The fourth-order valence-corrected chi connectivity index (χ4v) is 12.7. The third kappa shape index (κ3) is 8.61. The van der Waals surface area contributed by atoms with Crippen LogP contribution in [0.1, 0.15) is 126 Å². The first-order valence-electron chi connectivity index (χ1n) is 23.6. The maximum atomic E-state index is 13.9. The lowest BCUT2D eigenvalue weighted by molar-refractivity contribution is -0.150. The van der Waals surface area contributed by atoms with Crippen LogP contribution >= 0.6 is 0 Å². The van der Waals surface area contributed by atoms with E-state index in [0.717, 1.165) is 0 Å². The smallest absolute Gasteiger partial charge is 0.307 e. The molecule has 6 rings (SSSR count). The highest BCUT2D eigenvalue weighted by atomic mass is 16.6. The minimum Gasteiger partial charge on any atom is -0.469 e. The van der Waals surface area contributed by atoms with Gasteiger partial charge >= 0.3 is 41.8 Å². The first-order chi connectivity index (χ1) is 32.3. The van der Waals surface area contributed by atoms with Gasteiger partial charge in [-0.2, -0.15) is 0 Å². The van der Waals surface area contributed by atoms with Crippen LogP contribution in [0.15, 0.2) is 49.3 Å². The van der Waals surface area contributed by atoms with Crippen molar-refractivity contribution in [2.24, 2.45) is 54.4 Å². The molecule has 8 bridgehead atoms. The van der Waals surface area contributed by atoms with Gasteiger partial charge < -0.3 is 38.5 Å². The largest absolute Gasteiger partial charge is 0.469 e. The van der Waals surface area contributed by atoms with Gasteiger partial charge in [0.15, 0.2) is 5.60 Å². The van der Waals surface area contributed by atoms with Gasteiger partial charge in [0.2, 0.25) is 0 Å². The van der Waals surface area contributed by atoms with Crippen LogP contribution in [0, 0.1) is 39.4 Å². The molecule has 0 aromatic rings. The van der Waals surface area contributed by atoms with E-state index in [1.807, 2.05) is 61.5 Å². The van der Waals surface area contributed by atoms with E-state index in [-0.39, 0.29) is 64.2 Å². The van der Waals surface area contributed by atoms with Crippen molar-refractivity contribution in [2.45, 2.75) is 143 Å². The van der Waals surface area contributed by atoms with Crippen molar-refractivity contribution in [1.29, 1.82) is 0 Å². The number of hydrogen-bond donors (Lipinski definition) is 1. The van der Waals surface area contributed by atoms with Crippen LogP contribution in [-0.2, 0) is 66.7 Å². The average Bonchev–Trinajstić information content (AvgIpc) is 3.99. The van der Waals surface area contributed by atoms with E-state index in [9.17, 15) is 33.6 Å². The monoisotopic (exact) mass is 962 g/mol. The number of methoxy groups -OCH3 is 6. The molecule has 69 heavy (non-hydrogen) atoms. The van der Waals surface area contributed by atoms with Crippen molar-refractivity contribution < 1.29 is 66.7 Å². The molecule has 0 aromatic carbocycles. The Kier molecular flexibility index (Phi) is 14.7. The molecule has 378 valence electrons. The van der Waals surface area contributed by atoms with E-state index in [0.29, 0.717) is 51.8 Å². The number of allylic oxidation sites excluding steroid dienone is 5. The number of rotatable bonds is 16. The summed E-state index contributed by atoms with van der Waals surface area (Å²) in [5, 5.41) is 3.91. The number of hydrogen-bond acceptors (Lipinski definition) is 18. The number of aliphatic imine (C=N–C) groups is 3.